The minimum Gasteiger partial charge on any atom is -0.492 e. The maximum atomic E-state index is 11.0. The van der Waals surface area contributed by atoms with E-state index in [-0.39, 0.29) is 5.56 Å². The van der Waals surface area contributed by atoms with E-state index in [1.54, 1.807) is 18.2 Å². The number of rotatable bonds is 4. The largest absolute Gasteiger partial charge is 0.492 e. The number of aryl methyl sites for hydroxylation is 1. The van der Waals surface area contributed by atoms with Crippen LogP contribution in [0.1, 0.15) is 35.2 Å². The van der Waals surface area contributed by atoms with Crippen molar-refractivity contribution in [2.24, 2.45) is 5.92 Å². The number of carbonyl (C=O) groups is 1. The first-order valence-corrected chi connectivity index (χ1v) is 5.63. The summed E-state index contributed by atoms with van der Waals surface area (Å²) < 4.78 is 5.60. The Labute approximate surface area is 95.0 Å². The van der Waals surface area contributed by atoms with Crippen molar-refractivity contribution in [2.45, 2.75) is 26.2 Å². The Morgan fingerprint density at radius 2 is 2.25 bits per heavy atom. The van der Waals surface area contributed by atoms with Crippen molar-refractivity contribution >= 4 is 5.97 Å². The lowest BCUT2D eigenvalue weighted by molar-refractivity contribution is 0.0690. The molecule has 1 saturated carbocycles. The van der Waals surface area contributed by atoms with Gasteiger partial charge >= 0.3 is 5.97 Å². The molecule has 86 valence electrons. The zero-order chi connectivity index (χ0) is 11.5. The topological polar surface area (TPSA) is 46.5 Å². The zero-order valence-electron chi connectivity index (χ0n) is 9.40. The first-order valence-electron chi connectivity index (χ1n) is 5.63. The maximum absolute atomic E-state index is 11.0. The quantitative estimate of drug-likeness (QED) is 0.848. The summed E-state index contributed by atoms with van der Waals surface area (Å²) in [7, 11) is 0. The van der Waals surface area contributed by atoms with Crippen LogP contribution in [0.4, 0.5) is 0 Å². The summed E-state index contributed by atoms with van der Waals surface area (Å²) in [5.74, 6) is 0.185. The molecule has 0 heterocycles. The van der Waals surface area contributed by atoms with Gasteiger partial charge in [0.15, 0.2) is 0 Å². The minimum atomic E-state index is -0.927. The molecule has 1 fully saturated rings. The molecular weight excluding hydrogens is 204 g/mol. The summed E-state index contributed by atoms with van der Waals surface area (Å²) in [5, 5.41) is 9.01. The fraction of sp³-hybridized carbons (Fsp3) is 0.462. The summed E-state index contributed by atoms with van der Waals surface area (Å²) in [6.07, 6.45) is 3.68. The van der Waals surface area contributed by atoms with Crippen LogP contribution in [0.2, 0.25) is 0 Å². The molecule has 1 aromatic rings. The van der Waals surface area contributed by atoms with E-state index in [0.29, 0.717) is 18.3 Å². The summed E-state index contributed by atoms with van der Waals surface area (Å²) in [4.78, 5) is 11.0. The van der Waals surface area contributed by atoms with Gasteiger partial charge in [0.05, 0.1) is 6.61 Å². The predicted octanol–water partition coefficient (Wildman–Crippen LogP) is 2.87. The first kappa shape index (κ1) is 11.0. The molecule has 0 unspecified atom stereocenters. The van der Waals surface area contributed by atoms with E-state index in [2.05, 4.69) is 0 Å². The van der Waals surface area contributed by atoms with Gasteiger partial charge in [-0.2, -0.15) is 0 Å². The number of carboxylic acid groups (broad SMARTS) is 1. The average molecular weight is 220 g/mol. The van der Waals surface area contributed by atoms with Crippen LogP contribution in [0.15, 0.2) is 18.2 Å². The Kier molecular flexibility index (Phi) is 3.13. The summed E-state index contributed by atoms with van der Waals surface area (Å²) in [6.45, 7) is 2.57. The van der Waals surface area contributed by atoms with Crippen molar-refractivity contribution in [1.82, 2.24) is 0 Å². The van der Waals surface area contributed by atoms with Gasteiger partial charge in [0, 0.05) is 0 Å². The van der Waals surface area contributed by atoms with Gasteiger partial charge in [0.1, 0.15) is 11.3 Å². The van der Waals surface area contributed by atoms with Gasteiger partial charge in [0.2, 0.25) is 0 Å². The Balaban J connectivity index is 2.09. The molecule has 1 aliphatic rings. The van der Waals surface area contributed by atoms with Crippen LogP contribution in [0.3, 0.4) is 0 Å². The van der Waals surface area contributed by atoms with Crippen LogP contribution >= 0.6 is 0 Å². The Morgan fingerprint density at radius 3 is 2.81 bits per heavy atom. The molecule has 0 spiro atoms. The summed E-state index contributed by atoms with van der Waals surface area (Å²) in [6, 6.07) is 5.19. The molecule has 0 aliphatic heterocycles. The van der Waals surface area contributed by atoms with E-state index < -0.39 is 5.97 Å². The summed E-state index contributed by atoms with van der Waals surface area (Å²) >= 11 is 0. The van der Waals surface area contributed by atoms with Gasteiger partial charge in [-0.1, -0.05) is 12.5 Å². The molecule has 1 aromatic carbocycles. The Bertz CT molecular complexity index is 394. The smallest absolute Gasteiger partial charge is 0.339 e. The molecule has 3 heteroatoms. The van der Waals surface area contributed by atoms with Crippen LogP contribution < -0.4 is 4.74 Å². The number of ether oxygens (including phenoxy) is 1. The molecule has 2 rings (SSSR count). The van der Waals surface area contributed by atoms with Crippen molar-refractivity contribution in [3.05, 3.63) is 29.3 Å². The highest BCUT2D eigenvalue weighted by Gasteiger charge is 2.19. The normalized spacial score (nSPS) is 15.6. The number of hydrogen-bond acceptors (Lipinski definition) is 2. The molecule has 3 nitrogen and oxygen atoms in total. The summed E-state index contributed by atoms with van der Waals surface area (Å²) in [5.41, 5.74) is 1.28. The third-order valence-corrected chi connectivity index (χ3v) is 3.07. The highest BCUT2D eigenvalue weighted by Crippen LogP contribution is 2.28. The average Bonchev–Trinajstić information content (AvgIpc) is 2.14. The van der Waals surface area contributed by atoms with E-state index in [9.17, 15) is 4.79 Å². The molecule has 1 N–H and O–H groups in total. The van der Waals surface area contributed by atoms with Crippen LogP contribution in [-0.2, 0) is 0 Å². The van der Waals surface area contributed by atoms with Crippen molar-refractivity contribution in [1.29, 1.82) is 0 Å². The molecule has 0 aromatic heterocycles. The third-order valence-electron chi connectivity index (χ3n) is 3.07. The van der Waals surface area contributed by atoms with E-state index in [4.69, 9.17) is 9.84 Å². The van der Waals surface area contributed by atoms with Gasteiger partial charge in [-0.3, -0.25) is 0 Å². The predicted molar refractivity (Wildman–Crippen MR) is 61.0 cm³/mol. The standard InChI is InChI=1S/C13H16O3/c1-9-5-6-11(13(14)15)12(7-9)16-8-10-3-2-4-10/h5-7,10H,2-4,8H2,1H3,(H,14,15). The molecule has 16 heavy (non-hydrogen) atoms. The second-order valence-corrected chi connectivity index (χ2v) is 4.41. The lowest BCUT2D eigenvalue weighted by atomic mass is 9.86. The van der Waals surface area contributed by atoms with Crippen molar-refractivity contribution in [2.75, 3.05) is 6.61 Å². The second-order valence-electron chi connectivity index (χ2n) is 4.41. The fourth-order valence-electron chi connectivity index (χ4n) is 1.79. The number of aromatic carboxylic acids is 1. The van der Waals surface area contributed by atoms with Crippen LogP contribution in [0.25, 0.3) is 0 Å². The van der Waals surface area contributed by atoms with Crippen molar-refractivity contribution in [3.63, 3.8) is 0 Å². The van der Waals surface area contributed by atoms with E-state index in [0.717, 1.165) is 5.56 Å². The monoisotopic (exact) mass is 220 g/mol. The molecule has 0 saturated heterocycles. The highest BCUT2D eigenvalue weighted by atomic mass is 16.5. The van der Waals surface area contributed by atoms with Gasteiger partial charge in [-0.25, -0.2) is 4.79 Å². The van der Waals surface area contributed by atoms with Gasteiger partial charge in [-0.15, -0.1) is 0 Å². The molecule has 0 bridgehead atoms. The Hall–Kier alpha value is -1.51. The minimum absolute atomic E-state index is 0.255. The van der Waals surface area contributed by atoms with Crippen LogP contribution in [0.5, 0.6) is 5.75 Å². The zero-order valence-corrected chi connectivity index (χ0v) is 9.40. The van der Waals surface area contributed by atoms with Crippen LogP contribution in [0, 0.1) is 12.8 Å². The first-order chi connectivity index (χ1) is 7.66. The number of hydrogen-bond donors (Lipinski definition) is 1. The molecule has 0 atom stereocenters. The number of carboxylic acids is 1. The van der Waals surface area contributed by atoms with Crippen molar-refractivity contribution < 1.29 is 14.6 Å². The van der Waals surface area contributed by atoms with Crippen LogP contribution in [-0.4, -0.2) is 17.7 Å². The van der Waals surface area contributed by atoms with Gasteiger partial charge < -0.3 is 9.84 Å². The molecule has 0 radical (unpaired) electrons. The SMILES string of the molecule is Cc1ccc(C(=O)O)c(OCC2CCC2)c1. The highest BCUT2D eigenvalue weighted by molar-refractivity contribution is 5.90. The van der Waals surface area contributed by atoms with Gasteiger partial charge in [-0.05, 0) is 43.4 Å². The fourth-order valence-corrected chi connectivity index (χ4v) is 1.79. The second kappa shape index (κ2) is 4.56. The lowest BCUT2D eigenvalue weighted by Gasteiger charge is -2.25. The number of benzene rings is 1. The van der Waals surface area contributed by atoms with Gasteiger partial charge in [0.25, 0.3) is 0 Å². The third kappa shape index (κ3) is 2.35. The molecule has 0 amide bonds. The van der Waals surface area contributed by atoms with E-state index in [1.807, 2.05) is 6.92 Å². The molecular formula is C13H16O3. The van der Waals surface area contributed by atoms with E-state index in [1.165, 1.54) is 19.3 Å². The lowest BCUT2D eigenvalue weighted by Crippen LogP contribution is -2.20. The maximum Gasteiger partial charge on any atom is 0.339 e. The van der Waals surface area contributed by atoms with E-state index >= 15 is 0 Å². The van der Waals surface area contributed by atoms with Crippen molar-refractivity contribution in [3.8, 4) is 5.75 Å². The Morgan fingerprint density at radius 1 is 1.50 bits per heavy atom. The molecule has 1 aliphatic carbocycles.